The van der Waals surface area contributed by atoms with Crippen molar-refractivity contribution in [3.63, 3.8) is 0 Å². The predicted molar refractivity (Wildman–Crippen MR) is 604 cm³/mol. The van der Waals surface area contributed by atoms with Crippen LogP contribution in [0.15, 0.2) is 524 Å². The smallest absolute Gasteiger partial charge is 0.115 e. The van der Waals surface area contributed by atoms with Crippen LogP contribution >= 0.6 is 0 Å². The molecule has 12 heterocycles. The molecule has 28 aromatic rings. The standard InChI is InChI=1S/C68H44N6.C66H42N8/c1-3-21-58(22-4-1)73-64-27-9-7-25-60(64)63-38-62(66-61-26-8-10-28-65(61)74(68(66)67(63)73)59-23-5-2-6-24-59)53-34-51(45-15-11-17-47(31-45)54-36-56(43-71-41-54)49-19-13-29-69-39-49)33-52(35-53)46-16-12-18-48(32-46)55-37-57(44-72-42-55)50-20-14-30-70-40-50;1-3-17-56(18-4-1)73-62-23-9-7-21-58(62)61-32-60(64-59-22-8-10-24-63(59)74(66(64)65(61)73)57-19-5-2-6-20-57)49-28-47(43-13-11-15-45(25-43)50-30-52(35-67-33-50)54-37-69-41-70-38-54)27-48(29-49)44-14-12-16-46(26-44)51-31-53(36-68-34-51)55-39-71-42-72-40-55/h1-44H;1-42H. The van der Waals surface area contributed by atoms with Gasteiger partial charge in [0.25, 0.3) is 0 Å². The Balaban J connectivity index is 0.000000146. The maximum atomic E-state index is 4.71. The Bertz CT molecular complexity index is 9110. The molecular weight excluding hydrogens is 1810 g/mol. The summed E-state index contributed by atoms with van der Waals surface area (Å²) in [6, 6.07) is 150. The van der Waals surface area contributed by atoms with Crippen LogP contribution in [0.1, 0.15) is 0 Å². The van der Waals surface area contributed by atoms with Crippen molar-refractivity contribution >= 4 is 87.2 Å². The molecule has 0 radical (unpaired) electrons. The minimum Gasteiger partial charge on any atom is -0.307 e. The second-order valence-electron chi connectivity index (χ2n) is 37.3. The van der Waals surface area contributed by atoms with E-state index in [1.54, 1.807) is 25.0 Å². The second-order valence-corrected chi connectivity index (χ2v) is 37.3. The number of rotatable bonds is 18. The van der Waals surface area contributed by atoms with E-state index in [0.717, 1.165) is 223 Å². The van der Waals surface area contributed by atoms with Gasteiger partial charge in [0.2, 0.25) is 0 Å². The highest BCUT2D eigenvalue weighted by molar-refractivity contribution is 6.30. The quantitative estimate of drug-likeness (QED) is 0.0813. The molecule has 0 atom stereocenters. The number of aromatic nitrogens is 14. The van der Waals surface area contributed by atoms with Crippen molar-refractivity contribution < 1.29 is 0 Å². The van der Waals surface area contributed by atoms with E-state index in [0.29, 0.717) is 0 Å². The fraction of sp³-hybridized carbons (Fsp3) is 0. The highest BCUT2D eigenvalue weighted by Gasteiger charge is 2.29. The van der Waals surface area contributed by atoms with E-state index in [9.17, 15) is 0 Å². The molecule has 0 unspecified atom stereocenters. The van der Waals surface area contributed by atoms with Gasteiger partial charge in [-0.25, -0.2) is 19.9 Å². The molecule has 0 saturated carbocycles. The molecule has 0 bridgehead atoms. The lowest BCUT2D eigenvalue weighted by Crippen LogP contribution is -1.99. The summed E-state index contributed by atoms with van der Waals surface area (Å²) < 4.78 is 9.87. The van der Waals surface area contributed by atoms with Gasteiger partial charge in [-0.1, -0.05) is 231 Å². The molecule has 28 rings (SSSR count). The number of hydrogen-bond acceptors (Lipinski definition) is 10. The van der Waals surface area contributed by atoms with Crippen molar-refractivity contribution in [3.8, 4) is 179 Å². The summed E-state index contributed by atoms with van der Waals surface area (Å²) in [7, 11) is 0. The van der Waals surface area contributed by atoms with Gasteiger partial charge in [0, 0.05) is 232 Å². The zero-order chi connectivity index (χ0) is 97.9. The number of fused-ring (bicyclic) bond motifs is 14. The Kier molecular flexibility index (Phi) is 21.9. The van der Waals surface area contributed by atoms with Gasteiger partial charge in [-0.2, -0.15) is 0 Å². The van der Waals surface area contributed by atoms with Crippen molar-refractivity contribution in [3.05, 3.63) is 524 Å². The first kappa shape index (κ1) is 86.8. The van der Waals surface area contributed by atoms with E-state index in [1.807, 2.05) is 98.9 Å². The average Bonchev–Trinajstić information content (AvgIpc) is 1.53. The average molecular weight is 1890 g/mol. The summed E-state index contributed by atoms with van der Waals surface area (Å²) in [5.41, 5.74) is 43.1. The molecule has 16 aromatic carbocycles. The molecular formula is C134H86N14. The lowest BCUT2D eigenvalue weighted by Gasteiger charge is -2.16. The monoisotopic (exact) mass is 1890 g/mol. The summed E-state index contributed by atoms with van der Waals surface area (Å²) in [4.78, 5) is 44.6. The van der Waals surface area contributed by atoms with Gasteiger partial charge >= 0.3 is 0 Å². The number of benzene rings is 16. The molecule has 0 saturated heterocycles. The van der Waals surface area contributed by atoms with Crippen LogP contribution in [0.25, 0.3) is 266 Å². The van der Waals surface area contributed by atoms with Crippen LogP contribution in [0.2, 0.25) is 0 Å². The Morgan fingerprint density at radius 1 is 0.128 bits per heavy atom. The molecule has 148 heavy (non-hydrogen) atoms. The first-order valence-corrected chi connectivity index (χ1v) is 49.5. The van der Waals surface area contributed by atoms with E-state index < -0.39 is 0 Å². The van der Waals surface area contributed by atoms with Crippen molar-refractivity contribution in [2.45, 2.75) is 0 Å². The van der Waals surface area contributed by atoms with Crippen LogP contribution in [0.4, 0.5) is 0 Å². The Morgan fingerprint density at radius 2 is 0.345 bits per heavy atom. The summed E-state index contributed by atoms with van der Waals surface area (Å²) in [5.74, 6) is 0. The van der Waals surface area contributed by atoms with E-state index in [-0.39, 0.29) is 0 Å². The van der Waals surface area contributed by atoms with E-state index >= 15 is 0 Å². The van der Waals surface area contributed by atoms with E-state index in [4.69, 9.17) is 9.97 Å². The van der Waals surface area contributed by atoms with Crippen LogP contribution in [0.5, 0.6) is 0 Å². The minimum atomic E-state index is 0.915. The first-order chi connectivity index (χ1) is 73.4. The van der Waals surface area contributed by atoms with Crippen LogP contribution in [-0.2, 0) is 0 Å². The molecule has 0 amide bonds. The molecule has 14 heteroatoms. The highest BCUT2D eigenvalue weighted by atomic mass is 15.1. The van der Waals surface area contributed by atoms with Gasteiger partial charge in [-0.3, -0.25) is 29.9 Å². The third-order valence-electron chi connectivity index (χ3n) is 28.5. The van der Waals surface area contributed by atoms with E-state index in [2.05, 4.69) is 459 Å². The SMILES string of the molecule is c1ccc(-n2c3ccccc3c3cc(-c4cc(-c5cccc(-c6cncc(-c7cccnc7)c6)c5)cc(-c5cccc(-c6cncc(-c7cccnc7)c6)c5)c4)c4c5ccccc5n(-c5ccccc5)c4c32)cc1.c1ccc(-n2c3ccccc3c3cc(-c4cc(-c5cccc(-c6cncc(-c7cncnc7)c6)c5)cc(-c5cccc(-c6cncc(-c7cncnc7)c6)c5)c4)c4c5ccccc5n(-c5ccccc5)c4c32)cc1. The van der Waals surface area contributed by atoms with Crippen LogP contribution in [0, 0.1) is 0 Å². The third kappa shape index (κ3) is 15.8. The predicted octanol–water partition coefficient (Wildman–Crippen LogP) is 33.0. The summed E-state index contributed by atoms with van der Waals surface area (Å²) in [5, 5.41) is 9.48. The number of nitrogens with zero attached hydrogens (tertiary/aromatic N) is 14. The third-order valence-corrected chi connectivity index (χ3v) is 28.5. The Labute approximate surface area is 852 Å². The maximum absolute atomic E-state index is 4.71. The molecule has 0 aliphatic carbocycles. The van der Waals surface area contributed by atoms with Gasteiger partial charge in [-0.15, -0.1) is 0 Å². The second kappa shape index (κ2) is 37.3. The van der Waals surface area contributed by atoms with Crippen molar-refractivity contribution in [1.82, 2.24) is 68.1 Å². The summed E-state index contributed by atoms with van der Waals surface area (Å²) in [6.45, 7) is 0. The zero-order valence-corrected chi connectivity index (χ0v) is 79.9. The van der Waals surface area contributed by atoms with Crippen molar-refractivity contribution in [2.75, 3.05) is 0 Å². The molecule has 14 nitrogen and oxygen atoms in total. The molecule has 0 aliphatic heterocycles. The van der Waals surface area contributed by atoms with Crippen LogP contribution < -0.4 is 0 Å². The van der Waals surface area contributed by atoms with Gasteiger partial charge in [0.1, 0.15) is 12.7 Å². The number of hydrogen-bond donors (Lipinski definition) is 0. The number of para-hydroxylation sites is 8. The topological polar surface area (TPSA) is 149 Å². The molecule has 0 N–H and O–H groups in total. The summed E-state index contributed by atoms with van der Waals surface area (Å²) >= 11 is 0. The molecule has 692 valence electrons. The molecule has 12 aromatic heterocycles. The van der Waals surface area contributed by atoms with Gasteiger partial charge in [0.15, 0.2) is 0 Å². The zero-order valence-electron chi connectivity index (χ0n) is 79.9. The molecule has 0 fully saturated rings. The Morgan fingerprint density at radius 3 is 0.642 bits per heavy atom. The lowest BCUT2D eigenvalue weighted by molar-refractivity contribution is 1.15. The van der Waals surface area contributed by atoms with Crippen molar-refractivity contribution in [1.29, 1.82) is 0 Å². The minimum absolute atomic E-state index is 0.915. The van der Waals surface area contributed by atoms with Gasteiger partial charge in [0.05, 0.1) is 44.1 Å². The lowest BCUT2D eigenvalue weighted by atomic mass is 9.89. The fourth-order valence-electron chi connectivity index (χ4n) is 21.8. The first-order valence-electron chi connectivity index (χ1n) is 49.5. The fourth-order valence-corrected chi connectivity index (χ4v) is 21.8. The van der Waals surface area contributed by atoms with Crippen molar-refractivity contribution in [2.24, 2.45) is 0 Å². The van der Waals surface area contributed by atoms with E-state index in [1.165, 1.54) is 43.1 Å². The molecule has 0 aliphatic rings. The highest BCUT2D eigenvalue weighted by Crippen LogP contribution is 2.52. The largest absolute Gasteiger partial charge is 0.307 e. The maximum Gasteiger partial charge on any atom is 0.115 e. The summed E-state index contributed by atoms with van der Waals surface area (Å²) in [6.07, 6.45) is 33.0. The van der Waals surface area contributed by atoms with Crippen LogP contribution in [0.3, 0.4) is 0 Å². The normalized spacial score (nSPS) is 11.5. The number of pyridine rings is 6. The van der Waals surface area contributed by atoms with Crippen LogP contribution in [-0.4, -0.2) is 68.1 Å². The molecule has 0 spiro atoms. The van der Waals surface area contributed by atoms with Gasteiger partial charge in [-0.05, 0) is 271 Å². The van der Waals surface area contributed by atoms with Gasteiger partial charge < -0.3 is 18.3 Å². The Hall–Kier alpha value is -20.2.